The van der Waals surface area contributed by atoms with Crippen LogP contribution in [0.2, 0.25) is 0 Å². The molecule has 0 aliphatic heterocycles. The van der Waals surface area contributed by atoms with Gasteiger partial charge in [0.15, 0.2) is 0 Å². The standard InChI is InChI=1S/C12H16O3S/c1-9-3-5-10(6-4-9)7-11(12(13)14)8-16(2)15/h3-6,11H,7-8H2,1-2H3,(H,13,14). The summed E-state index contributed by atoms with van der Waals surface area (Å²) in [5.74, 6) is -1.23. The van der Waals surface area contributed by atoms with Crippen LogP contribution in [0.15, 0.2) is 24.3 Å². The highest BCUT2D eigenvalue weighted by Crippen LogP contribution is 2.11. The number of carbonyl (C=O) groups is 1. The van der Waals surface area contributed by atoms with Gasteiger partial charge >= 0.3 is 5.97 Å². The van der Waals surface area contributed by atoms with Gasteiger partial charge < -0.3 is 5.11 Å². The van der Waals surface area contributed by atoms with Crippen molar-refractivity contribution in [2.24, 2.45) is 5.92 Å². The van der Waals surface area contributed by atoms with Crippen LogP contribution in [0.1, 0.15) is 11.1 Å². The molecule has 1 aromatic rings. The summed E-state index contributed by atoms with van der Waals surface area (Å²) in [5, 5.41) is 9.00. The minimum atomic E-state index is -1.08. The van der Waals surface area contributed by atoms with Crippen molar-refractivity contribution in [2.45, 2.75) is 13.3 Å². The van der Waals surface area contributed by atoms with Gasteiger partial charge in [-0.2, -0.15) is 0 Å². The fourth-order valence-electron chi connectivity index (χ4n) is 1.51. The topological polar surface area (TPSA) is 54.4 Å². The van der Waals surface area contributed by atoms with E-state index in [2.05, 4.69) is 0 Å². The Labute approximate surface area is 98.0 Å². The number of benzene rings is 1. The highest BCUT2D eigenvalue weighted by atomic mass is 32.2. The minimum absolute atomic E-state index is 0.212. The van der Waals surface area contributed by atoms with Gasteiger partial charge in [0.2, 0.25) is 0 Å². The van der Waals surface area contributed by atoms with E-state index in [1.807, 2.05) is 31.2 Å². The number of hydrogen-bond donors (Lipinski definition) is 1. The summed E-state index contributed by atoms with van der Waals surface area (Å²) in [4.78, 5) is 11.0. The van der Waals surface area contributed by atoms with Crippen LogP contribution in [0.3, 0.4) is 0 Å². The average Bonchev–Trinajstić information content (AvgIpc) is 2.19. The Balaban J connectivity index is 2.71. The molecule has 16 heavy (non-hydrogen) atoms. The molecular formula is C12H16O3S. The maximum Gasteiger partial charge on any atom is 0.307 e. The SMILES string of the molecule is Cc1ccc(CC(CS(C)=O)C(=O)O)cc1. The van der Waals surface area contributed by atoms with Crippen molar-refractivity contribution in [3.8, 4) is 0 Å². The summed E-state index contributed by atoms with van der Waals surface area (Å²) in [6, 6.07) is 7.75. The fraction of sp³-hybridized carbons (Fsp3) is 0.417. The van der Waals surface area contributed by atoms with Crippen LogP contribution in [0.4, 0.5) is 0 Å². The Morgan fingerprint density at radius 3 is 2.38 bits per heavy atom. The molecular weight excluding hydrogens is 224 g/mol. The van der Waals surface area contributed by atoms with Crippen molar-refractivity contribution < 1.29 is 14.1 Å². The quantitative estimate of drug-likeness (QED) is 0.850. The molecule has 0 aromatic heterocycles. The van der Waals surface area contributed by atoms with E-state index >= 15 is 0 Å². The van der Waals surface area contributed by atoms with Crippen molar-refractivity contribution in [1.29, 1.82) is 0 Å². The molecule has 0 aliphatic rings. The van der Waals surface area contributed by atoms with Crippen LogP contribution in [-0.4, -0.2) is 27.3 Å². The predicted octanol–water partition coefficient (Wildman–Crippen LogP) is 1.62. The van der Waals surface area contributed by atoms with Gasteiger partial charge in [0.05, 0.1) is 5.92 Å². The summed E-state index contributed by atoms with van der Waals surface area (Å²) >= 11 is 0. The van der Waals surface area contributed by atoms with Gasteiger partial charge in [-0.15, -0.1) is 0 Å². The first kappa shape index (κ1) is 12.9. The van der Waals surface area contributed by atoms with Gasteiger partial charge in [0.25, 0.3) is 0 Å². The third-order valence-electron chi connectivity index (χ3n) is 2.39. The van der Waals surface area contributed by atoms with E-state index in [1.165, 1.54) is 6.26 Å². The lowest BCUT2D eigenvalue weighted by atomic mass is 10.0. The molecule has 2 atom stereocenters. The van der Waals surface area contributed by atoms with E-state index < -0.39 is 22.7 Å². The molecule has 0 saturated carbocycles. The van der Waals surface area contributed by atoms with Crippen LogP contribution < -0.4 is 0 Å². The molecule has 0 radical (unpaired) electrons. The summed E-state index contributed by atoms with van der Waals surface area (Å²) < 4.78 is 11.1. The molecule has 0 fully saturated rings. The molecule has 2 unspecified atom stereocenters. The molecule has 1 aromatic carbocycles. The van der Waals surface area contributed by atoms with Crippen LogP contribution in [0, 0.1) is 12.8 Å². The zero-order valence-electron chi connectivity index (χ0n) is 9.47. The maximum atomic E-state index is 11.1. The van der Waals surface area contributed by atoms with E-state index in [0.717, 1.165) is 11.1 Å². The largest absolute Gasteiger partial charge is 0.481 e. The van der Waals surface area contributed by atoms with E-state index in [-0.39, 0.29) is 5.75 Å². The molecule has 0 bridgehead atoms. The summed E-state index contributed by atoms with van der Waals surface area (Å²) in [5.41, 5.74) is 2.12. The number of aryl methyl sites for hydroxylation is 1. The second-order valence-corrected chi connectivity index (χ2v) is 5.44. The van der Waals surface area contributed by atoms with E-state index in [0.29, 0.717) is 6.42 Å². The third-order valence-corrected chi connectivity index (χ3v) is 3.26. The number of aliphatic carboxylic acids is 1. The molecule has 4 heteroatoms. The monoisotopic (exact) mass is 240 g/mol. The second-order valence-electron chi connectivity index (χ2n) is 3.96. The molecule has 0 spiro atoms. The first-order valence-corrected chi connectivity index (χ1v) is 6.80. The van der Waals surface area contributed by atoms with Gasteiger partial charge in [-0.3, -0.25) is 9.00 Å². The summed E-state index contributed by atoms with van der Waals surface area (Å²) in [6.07, 6.45) is 1.97. The fourth-order valence-corrected chi connectivity index (χ4v) is 2.34. The molecule has 3 nitrogen and oxygen atoms in total. The second kappa shape index (κ2) is 5.80. The molecule has 1 rings (SSSR count). The van der Waals surface area contributed by atoms with Crippen molar-refractivity contribution in [3.63, 3.8) is 0 Å². The van der Waals surface area contributed by atoms with Gasteiger partial charge in [0, 0.05) is 22.8 Å². The Kier molecular flexibility index (Phi) is 4.68. The predicted molar refractivity (Wildman–Crippen MR) is 64.9 cm³/mol. The maximum absolute atomic E-state index is 11.1. The third kappa shape index (κ3) is 4.14. The van der Waals surface area contributed by atoms with E-state index in [9.17, 15) is 9.00 Å². The normalized spacial score (nSPS) is 14.4. The van der Waals surface area contributed by atoms with E-state index in [1.54, 1.807) is 0 Å². The van der Waals surface area contributed by atoms with Crippen molar-refractivity contribution in [3.05, 3.63) is 35.4 Å². The van der Waals surface area contributed by atoms with Crippen LogP contribution >= 0.6 is 0 Å². The van der Waals surface area contributed by atoms with Gasteiger partial charge in [0.1, 0.15) is 0 Å². The Bertz CT molecular complexity index is 384. The Morgan fingerprint density at radius 2 is 1.94 bits per heavy atom. The zero-order valence-corrected chi connectivity index (χ0v) is 10.3. The lowest BCUT2D eigenvalue weighted by Gasteiger charge is -2.10. The molecule has 0 amide bonds. The number of carboxylic acids is 1. The number of rotatable bonds is 5. The van der Waals surface area contributed by atoms with Crippen molar-refractivity contribution in [1.82, 2.24) is 0 Å². The van der Waals surface area contributed by atoms with Crippen LogP contribution in [0.25, 0.3) is 0 Å². The molecule has 88 valence electrons. The summed E-state index contributed by atoms with van der Waals surface area (Å²) in [6.45, 7) is 1.99. The lowest BCUT2D eigenvalue weighted by molar-refractivity contribution is -0.140. The van der Waals surface area contributed by atoms with Crippen molar-refractivity contribution >= 4 is 16.8 Å². The van der Waals surface area contributed by atoms with Gasteiger partial charge in [-0.1, -0.05) is 29.8 Å². The van der Waals surface area contributed by atoms with E-state index in [4.69, 9.17) is 5.11 Å². The first-order chi connectivity index (χ1) is 7.49. The first-order valence-electron chi connectivity index (χ1n) is 5.07. The minimum Gasteiger partial charge on any atom is -0.481 e. The molecule has 0 saturated heterocycles. The van der Waals surface area contributed by atoms with Crippen molar-refractivity contribution in [2.75, 3.05) is 12.0 Å². The zero-order chi connectivity index (χ0) is 12.1. The molecule has 1 N–H and O–H groups in total. The summed E-state index contributed by atoms with van der Waals surface area (Å²) in [7, 11) is -1.08. The highest BCUT2D eigenvalue weighted by molar-refractivity contribution is 7.84. The van der Waals surface area contributed by atoms with Gasteiger partial charge in [-0.05, 0) is 18.9 Å². The molecule has 0 aliphatic carbocycles. The smallest absolute Gasteiger partial charge is 0.307 e. The highest BCUT2D eigenvalue weighted by Gasteiger charge is 2.19. The molecule has 0 heterocycles. The number of hydrogen-bond acceptors (Lipinski definition) is 2. The Morgan fingerprint density at radius 1 is 1.38 bits per heavy atom. The number of carboxylic acid groups (broad SMARTS) is 1. The van der Waals surface area contributed by atoms with Crippen LogP contribution in [0.5, 0.6) is 0 Å². The van der Waals surface area contributed by atoms with Gasteiger partial charge in [-0.25, -0.2) is 0 Å². The van der Waals surface area contributed by atoms with Crippen LogP contribution in [-0.2, 0) is 22.0 Å². The lowest BCUT2D eigenvalue weighted by Crippen LogP contribution is -2.22. The average molecular weight is 240 g/mol. The Hall–Kier alpha value is -1.16.